The topological polar surface area (TPSA) is 78.9 Å². The van der Waals surface area contributed by atoms with E-state index in [0.717, 1.165) is 31.3 Å². The second-order valence-electron chi connectivity index (χ2n) is 6.12. The summed E-state index contributed by atoms with van der Waals surface area (Å²) < 4.78 is 15.1. The molecule has 0 spiro atoms. The number of esters is 3. The Balaban J connectivity index is 2.36. The second-order valence-corrected chi connectivity index (χ2v) is 6.12. The Bertz CT molecular complexity index is 523. The van der Waals surface area contributed by atoms with Gasteiger partial charge in [-0.15, -0.1) is 0 Å². The first-order chi connectivity index (χ1) is 11.0. The summed E-state index contributed by atoms with van der Waals surface area (Å²) in [4.78, 5) is 36.4. The van der Waals surface area contributed by atoms with Gasteiger partial charge < -0.3 is 14.2 Å². The Morgan fingerprint density at radius 3 is 2.74 bits per heavy atom. The Morgan fingerprint density at radius 2 is 2.13 bits per heavy atom. The van der Waals surface area contributed by atoms with E-state index in [0.29, 0.717) is 6.42 Å². The lowest BCUT2D eigenvalue weighted by molar-refractivity contribution is -0.160. The van der Waals surface area contributed by atoms with E-state index >= 15 is 0 Å². The normalized spacial score (nSPS) is 27.5. The van der Waals surface area contributed by atoms with Gasteiger partial charge in [-0.2, -0.15) is 0 Å². The first-order valence-corrected chi connectivity index (χ1v) is 8.06. The molecule has 1 saturated heterocycles. The van der Waals surface area contributed by atoms with E-state index in [2.05, 4.69) is 4.74 Å². The van der Waals surface area contributed by atoms with Gasteiger partial charge in [-0.25, -0.2) is 0 Å². The van der Waals surface area contributed by atoms with Gasteiger partial charge in [0.2, 0.25) is 0 Å². The van der Waals surface area contributed by atoms with Crippen LogP contribution in [-0.2, 0) is 28.6 Å². The van der Waals surface area contributed by atoms with Crippen molar-refractivity contribution in [1.82, 2.24) is 0 Å². The molecule has 1 unspecified atom stereocenters. The Morgan fingerprint density at radius 1 is 1.39 bits per heavy atom. The summed E-state index contributed by atoms with van der Waals surface area (Å²) in [6, 6.07) is 0. The molecule has 0 N–H and O–H groups in total. The summed E-state index contributed by atoms with van der Waals surface area (Å²) in [7, 11) is 2.52. The Hall–Kier alpha value is -1.85. The summed E-state index contributed by atoms with van der Waals surface area (Å²) in [5.41, 5.74) is 0.204. The van der Waals surface area contributed by atoms with Crippen molar-refractivity contribution in [1.29, 1.82) is 0 Å². The minimum Gasteiger partial charge on any atom is -0.469 e. The number of methoxy groups -OCH3 is 2. The first kappa shape index (κ1) is 17.5. The summed E-state index contributed by atoms with van der Waals surface area (Å²) in [5, 5.41) is 0. The lowest BCUT2D eigenvalue weighted by atomic mass is 9.68. The molecule has 1 aliphatic heterocycles. The van der Waals surface area contributed by atoms with Gasteiger partial charge in [0.1, 0.15) is 12.0 Å². The number of carbonyl (C=O) groups is 3. The number of fused-ring (bicyclic) bond motifs is 1. The van der Waals surface area contributed by atoms with Crippen LogP contribution < -0.4 is 0 Å². The van der Waals surface area contributed by atoms with Gasteiger partial charge in [0.05, 0.1) is 26.1 Å². The van der Waals surface area contributed by atoms with Crippen LogP contribution in [-0.4, -0.2) is 38.2 Å². The van der Waals surface area contributed by atoms with E-state index in [4.69, 9.17) is 9.47 Å². The number of hydrogen-bond donors (Lipinski definition) is 0. The molecule has 1 aliphatic carbocycles. The molecule has 1 heterocycles. The third-order valence-electron chi connectivity index (χ3n) is 4.82. The summed E-state index contributed by atoms with van der Waals surface area (Å²) >= 11 is 0. The maximum absolute atomic E-state index is 12.6. The fourth-order valence-corrected chi connectivity index (χ4v) is 3.73. The molecule has 0 amide bonds. The van der Waals surface area contributed by atoms with Crippen LogP contribution in [0.4, 0.5) is 0 Å². The monoisotopic (exact) mass is 324 g/mol. The zero-order valence-corrected chi connectivity index (χ0v) is 13.9. The van der Waals surface area contributed by atoms with Gasteiger partial charge in [0.15, 0.2) is 0 Å². The van der Waals surface area contributed by atoms with Gasteiger partial charge in [-0.3, -0.25) is 14.4 Å². The van der Waals surface area contributed by atoms with Gasteiger partial charge in [-0.05, 0) is 31.3 Å². The molecule has 0 bridgehead atoms. The van der Waals surface area contributed by atoms with E-state index in [-0.39, 0.29) is 12.4 Å². The van der Waals surface area contributed by atoms with Crippen LogP contribution in [0.25, 0.3) is 0 Å². The molecule has 2 rings (SSSR count). The van der Waals surface area contributed by atoms with Crippen molar-refractivity contribution in [3.8, 4) is 0 Å². The Labute approximate surface area is 136 Å². The van der Waals surface area contributed by atoms with Crippen LogP contribution in [0.1, 0.15) is 45.4 Å². The molecular weight excluding hydrogens is 300 g/mol. The fourth-order valence-electron chi connectivity index (χ4n) is 3.73. The fraction of sp³-hybridized carbons (Fsp3) is 0.706. The van der Waals surface area contributed by atoms with E-state index < -0.39 is 29.4 Å². The molecule has 2 aliphatic rings. The molecule has 0 aromatic heterocycles. The highest BCUT2D eigenvalue weighted by molar-refractivity contribution is 5.88. The van der Waals surface area contributed by atoms with Crippen LogP contribution in [0.3, 0.4) is 0 Å². The molecule has 128 valence electrons. The highest BCUT2D eigenvalue weighted by Gasteiger charge is 2.56. The number of hydrogen-bond acceptors (Lipinski definition) is 6. The molecule has 1 fully saturated rings. The smallest absolute Gasteiger partial charge is 0.316 e. The van der Waals surface area contributed by atoms with Gasteiger partial charge in [0.25, 0.3) is 0 Å². The highest BCUT2D eigenvalue weighted by Crippen LogP contribution is 2.51. The summed E-state index contributed by atoms with van der Waals surface area (Å²) in [5.74, 6) is -2.23. The van der Waals surface area contributed by atoms with Crippen LogP contribution in [0.15, 0.2) is 11.6 Å². The molecule has 6 nitrogen and oxygen atoms in total. The SMILES string of the molecule is CCC[C@]12CCCC=C1C([C@H](CC(=O)OC)C(=O)OC)OC2=O. The molecule has 0 radical (unpaired) electrons. The van der Waals surface area contributed by atoms with Crippen molar-refractivity contribution in [2.75, 3.05) is 14.2 Å². The van der Waals surface area contributed by atoms with Crippen LogP contribution >= 0.6 is 0 Å². The third-order valence-corrected chi connectivity index (χ3v) is 4.82. The van der Waals surface area contributed by atoms with Gasteiger partial charge >= 0.3 is 17.9 Å². The molecule has 0 saturated carbocycles. The van der Waals surface area contributed by atoms with Gasteiger partial charge in [-0.1, -0.05) is 19.4 Å². The van der Waals surface area contributed by atoms with Crippen molar-refractivity contribution in [2.24, 2.45) is 11.3 Å². The molecule has 3 atom stereocenters. The van der Waals surface area contributed by atoms with E-state index in [9.17, 15) is 14.4 Å². The minimum absolute atomic E-state index is 0.166. The van der Waals surface area contributed by atoms with Crippen molar-refractivity contribution < 1.29 is 28.6 Å². The quantitative estimate of drug-likeness (QED) is 0.423. The van der Waals surface area contributed by atoms with Crippen molar-refractivity contribution in [3.63, 3.8) is 0 Å². The maximum Gasteiger partial charge on any atom is 0.316 e. The zero-order chi connectivity index (χ0) is 17.0. The predicted molar refractivity (Wildman–Crippen MR) is 81.3 cm³/mol. The highest BCUT2D eigenvalue weighted by atomic mass is 16.6. The number of rotatable bonds is 6. The molecule has 23 heavy (non-hydrogen) atoms. The van der Waals surface area contributed by atoms with Crippen molar-refractivity contribution >= 4 is 17.9 Å². The first-order valence-electron chi connectivity index (χ1n) is 8.06. The van der Waals surface area contributed by atoms with Crippen LogP contribution in [0, 0.1) is 11.3 Å². The molecule has 0 aromatic rings. The standard InChI is InChI=1S/C17H24O6/c1-4-8-17-9-6-5-7-12(17)14(23-16(17)20)11(15(19)22-3)10-13(18)21-2/h7,11,14H,4-6,8-10H2,1-3H3/t11-,14?,17-/m0/s1. The second kappa shape index (κ2) is 7.15. The largest absolute Gasteiger partial charge is 0.469 e. The van der Waals surface area contributed by atoms with Crippen molar-refractivity contribution in [2.45, 2.75) is 51.6 Å². The summed E-state index contributed by atoms with van der Waals surface area (Å²) in [6.07, 6.45) is 5.14. The number of cyclic esters (lactones) is 1. The lowest BCUT2D eigenvalue weighted by Crippen LogP contribution is -2.35. The Kier molecular flexibility index (Phi) is 5.44. The number of allylic oxidation sites excluding steroid dienone is 1. The van der Waals surface area contributed by atoms with E-state index in [1.54, 1.807) is 0 Å². The van der Waals surface area contributed by atoms with E-state index in [1.165, 1.54) is 14.2 Å². The lowest BCUT2D eigenvalue weighted by Gasteiger charge is -2.31. The maximum atomic E-state index is 12.6. The number of ether oxygens (including phenoxy) is 3. The van der Waals surface area contributed by atoms with Gasteiger partial charge in [0, 0.05) is 0 Å². The average molecular weight is 324 g/mol. The summed E-state index contributed by atoms with van der Waals surface area (Å²) in [6.45, 7) is 2.02. The molecular formula is C17H24O6. The predicted octanol–water partition coefficient (Wildman–Crippen LogP) is 2.16. The third kappa shape index (κ3) is 3.12. The van der Waals surface area contributed by atoms with E-state index in [1.807, 2.05) is 13.0 Å². The van der Waals surface area contributed by atoms with Crippen molar-refractivity contribution in [3.05, 3.63) is 11.6 Å². The molecule has 6 heteroatoms. The number of carbonyl (C=O) groups excluding carboxylic acids is 3. The minimum atomic E-state index is -0.862. The van der Waals surface area contributed by atoms with Crippen LogP contribution in [0.5, 0.6) is 0 Å². The van der Waals surface area contributed by atoms with Crippen LogP contribution in [0.2, 0.25) is 0 Å². The zero-order valence-electron chi connectivity index (χ0n) is 13.9. The molecule has 0 aromatic carbocycles. The average Bonchev–Trinajstić information content (AvgIpc) is 2.85.